The maximum atomic E-state index is 11.6. The predicted molar refractivity (Wildman–Crippen MR) is 68.6 cm³/mol. The van der Waals surface area contributed by atoms with Gasteiger partial charge in [0.15, 0.2) is 0 Å². The Hall–Kier alpha value is -1.35. The van der Waals surface area contributed by atoms with Crippen molar-refractivity contribution in [1.29, 1.82) is 0 Å². The zero-order valence-electron chi connectivity index (χ0n) is 10.2. The fraction of sp³-hybridized carbons (Fsp3) is 0.500. The van der Waals surface area contributed by atoms with Crippen LogP contribution in [0.5, 0.6) is 0 Å². The Morgan fingerprint density at radius 2 is 2.06 bits per heavy atom. The topological polar surface area (TPSA) is 55.1 Å². The van der Waals surface area contributed by atoms with Crippen molar-refractivity contribution in [2.75, 3.05) is 6.54 Å². The summed E-state index contributed by atoms with van der Waals surface area (Å²) < 4.78 is 0. The van der Waals surface area contributed by atoms with Gasteiger partial charge in [-0.05, 0) is 24.3 Å². The molecule has 0 spiro atoms. The zero-order chi connectivity index (χ0) is 12.3. The maximum Gasteiger partial charge on any atom is 0.224 e. The highest BCUT2D eigenvalue weighted by atomic mass is 16.1. The summed E-state index contributed by atoms with van der Waals surface area (Å²) in [6.45, 7) is 2.28. The molecule has 1 aliphatic rings. The van der Waals surface area contributed by atoms with Gasteiger partial charge in [0.1, 0.15) is 0 Å². The Bertz CT molecular complexity index is 371. The Balaban J connectivity index is 1.78. The van der Waals surface area contributed by atoms with Gasteiger partial charge in [-0.3, -0.25) is 4.79 Å². The van der Waals surface area contributed by atoms with Crippen LogP contribution in [0, 0.1) is 5.92 Å². The lowest BCUT2D eigenvalue weighted by Gasteiger charge is -2.36. The van der Waals surface area contributed by atoms with Gasteiger partial charge in [0, 0.05) is 18.5 Å². The van der Waals surface area contributed by atoms with Crippen molar-refractivity contribution in [3.05, 3.63) is 35.9 Å². The molecular weight excluding hydrogens is 212 g/mol. The molecule has 0 radical (unpaired) electrons. The molecule has 0 bridgehead atoms. The van der Waals surface area contributed by atoms with Gasteiger partial charge in [0.2, 0.25) is 5.91 Å². The Morgan fingerprint density at radius 1 is 1.41 bits per heavy atom. The molecule has 1 aromatic rings. The van der Waals surface area contributed by atoms with Gasteiger partial charge in [0.25, 0.3) is 0 Å². The third-order valence-corrected chi connectivity index (χ3v) is 3.56. The molecule has 1 unspecified atom stereocenters. The van der Waals surface area contributed by atoms with E-state index in [1.807, 2.05) is 13.0 Å². The third kappa shape index (κ3) is 2.86. The summed E-state index contributed by atoms with van der Waals surface area (Å²) in [5.41, 5.74) is 6.85. The molecule has 1 saturated carbocycles. The molecule has 1 aliphatic carbocycles. The summed E-state index contributed by atoms with van der Waals surface area (Å²) in [6, 6.07) is 10.8. The van der Waals surface area contributed by atoms with Crippen LogP contribution < -0.4 is 11.1 Å². The first-order valence-corrected chi connectivity index (χ1v) is 6.26. The van der Waals surface area contributed by atoms with Crippen LogP contribution in [0.1, 0.15) is 31.2 Å². The van der Waals surface area contributed by atoms with Crippen LogP contribution in [-0.2, 0) is 4.79 Å². The molecule has 3 heteroatoms. The van der Waals surface area contributed by atoms with E-state index in [0.29, 0.717) is 18.5 Å². The fourth-order valence-corrected chi connectivity index (χ4v) is 2.18. The SMILES string of the molecule is CC(CN)C(=O)NC1CC(c2ccccc2)C1. The van der Waals surface area contributed by atoms with Crippen LogP contribution in [0.4, 0.5) is 0 Å². The van der Waals surface area contributed by atoms with Gasteiger partial charge >= 0.3 is 0 Å². The highest BCUT2D eigenvalue weighted by Gasteiger charge is 2.31. The number of hydrogen-bond acceptors (Lipinski definition) is 2. The molecule has 0 saturated heterocycles. The van der Waals surface area contributed by atoms with Crippen molar-refractivity contribution >= 4 is 5.91 Å². The average Bonchev–Trinajstić information content (AvgIpc) is 2.33. The van der Waals surface area contributed by atoms with Gasteiger partial charge in [0.05, 0.1) is 0 Å². The molecule has 3 nitrogen and oxygen atoms in total. The van der Waals surface area contributed by atoms with Crippen molar-refractivity contribution in [3.63, 3.8) is 0 Å². The Kier molecular flexibility index (Phi) is 3.79. The van der Waals surface area contributed by atoms with Crippen LogP contribution in [-0.4, -0.2) is 18.5 Å². The molecule has 0 aliphatic heterocycles. The molecule has 3 N–H and O–H groups in total. The number of carbonyl (C=O) groups is 1. The molecule has 1 amide bonds. The summed E-state index contributed by atoms with van der Waals surface area (Å²) in [5, 5.41) is 3.05. The van der Waals surface area contributed by atoms with E-state index in [2.05, 4.69) is 29.6 Å². The predicted octanol–water partition coefficient (Wildman–Crippen LogP) is 1.64. The van der Waals surface area contributed by atoms with E-state index in [1.54, 1.807) is 0 Å². The maximum absolute atomic E-state index is 11.6. The summed E-state index contributed by atoms with van der Waals surface area (Å²) in [4.78, 5) is 11.6. The summed E-state index contributed by atoms with van der Waals surface area (Å²) in [5.74, 6) is 0.615. The molecular formula is C14H20N2O. The molecule has 2 rings (SSSR count). The Labute approximate surface area is 102 Å². The minimum Gasteiger partial charge on any atom is -0.353 e. The van der Waals surface area contributed by atoms with E-state index in [1.165, 1.54) is 5.56 Å². The van der Waals surface area contributed by atoms with Crippen molar-refractivity contribution < 1.29 is 4.79 Å². The van der Waals surface area contributed by atoms with Crippen LogP contribution in [0.25, 0.3) is 0 Å². The normalized spacial score (nSPS) is 24.8. The lowest BCUT2D eigenvalue weighted by molar-refractivity contribution is -0.125. The van der Waals surface area contributed by atoms with E-state index in [-0.39, 0.29) is 11.8 Å². The Morgan fingerprint density at radius 3 is 2.65 bits per heavy atom. The lowest BCUT2D eigenvalue weighted by atomic mass is 9.76. The number of carbonyl (C=O) groups excluding carboxylic acids is 1. The monoisotopic (exact) mass is 232 g/mol. The van der Waals surface area contributed by atoms with Gasteiger partial charge in [-0.15, -0.1) is 0 Å². The second-order valence-electron chi connectivity index (χ2n) is 4.92. The minimum atomic E-state index is -0.0780. The quantitative estimate of drug-likeness (QED) is 0.829. The van der Waals surface area contributed by atoms with Crippen molar-refractivity contribution in [1.82, 2.24) is 5.32 Å². The largest absolute Gasteiger partial charge is 0.353 e. The van der Waals surface area contributed by atoms with Gasteiger partial charge in [-0.2, -0.15) is 0 Å². The summed E-state index contributed by atoms with van der Waals surface area (Å²) in [7, 11) is 0. The molecule has 92 valence electrons. The smallest absolute Gasteiger partial charge is 0.224 e. The number of nitrogens with two attached hydrogens (primary N) is 1. The number of hydrogen-bond donors (Lipinski definition) is 2. The van der Waals surface area contributed by atoms with Crippen molar-refractivity contribution in [3.8, 4) is 0 Å². The first-order valence-electron chi connectivity index (χ1n) is 6.26. The minimum absolute atomic E-state index is 0.0780. The van der Waals surface area contributed by atoms with E-state index in [9.17, 15) is 4.79 Å². The van der Waals surface area contributed by atoms with E-state index in [0.717, 1.165) is 12.8 Å². The van der Waals surface area contributed by atoms with Gasteiger partial charge < -0.3 is 11.1 Å². The number of benzene rings is 1. The van der Waals surface area contributed by atoms with Crippen LogP contribution in [0.15, 0.2) is 30.3 Å². The lowest BCUT2D eigenvalue weighted by Crippen LogP contribution is -2.46. The van der Waals surface area contributed by atoms with Crippen molar-refractivity contribution in [2.45, 2.75) is 31.7 Å². The van der Waals surface area contributed by atoms with Gasteiger partial charge in [-0.1, -0.05) is 37.3 Å². The molecule has 0 heterocycles. The molecule has 0 aromatic heterocycles. The van der Waals surface area contributed by atoms with Crippen LogP contribution in [0.3, 0.4) is 0 Å². The average molecular weight is 232 g/mol. The summed E-state index contributed by atoms with van der Waals surface area (Å²) in [6.07, 6.45) is 2.10. The number of amides is 1. The molecule has 1 aromatic carbocycles. The third-order valence-electron chi connectivity index (χ3n) is 3.56. The van der Waals surface area contributed by atoms with Gasteiger partial charge in [-0.25, -0.2) is 0 Å². The van der Waals surface area contributed by atoms with E-state index >= 15 is 0 Å². The van der Waals surface area contributed by atoms with Crippen LogP contribution >= 0.6 is 0 Å². The second kappa shape index (κ2) is 5.32. The van der Waals surface area contributed by atoms with E-state index in [4.69, 9.17) is 5.73 Å². The molecule has 1 fully saturated rings. The zero-order valence-corrected chi connectivity index (χ0v) is 10.2. The fourth-order valence-electron chi connectivity index (χ4n) is 2.18. The first-order chi connectivity index (χ1) is 8.20. The van der Waals surface area contributed by atoms with Crippen LogP contribution in [0.2, 0.25) is 0 Å². The second-order valence-corrected chi connectivity index (χ2v) is 4.92. The number of rotatable bonds is 4. The first kappa shape index (κ1) is 12.1. The standard InChI is InChI=1S/C14H20N2O/c1-10(9-15)14(17)16-13-7-12(8-13)11-5-3-2-4-6-11/h2-6,10,12-13H,7-9,15H2,1H3,(H,16,17). The highest BCUT2D eigenvalue weighted by Crippen LogP contribution is 2.36. The van der Waals surface area contributed by atoms with Crippen molar-refractivity contribution in [2.24, 2.45) is 11.7 Å². The van der Waals surface area contributed by atoms with E-state index < -0.39 is 0 Å². The molecule has 1 atom stereocenters. The highest BCUT2D eigenvalue weighted by molar-refractivity contribution is 5.78. The number of nitrogens with one attached hydrogen (secondary N) is 1. The molecule has 17 heavy (non-hydrogen) atoms. The summed E-state index contributed by atoms with van der Waals surface area (Å²) >= 11 is 0.